The van der Waals surface area contributed by atoms with Crippen LogP contribution in [0.3, 0.4) is 0 Å². The van der Waals surface area contributed by atoms with E-state index in [0.29, 0.717) is 10.7 Å². The third kappa shape index (κ3) is 3.36. The van der Waals surface area contributed by atoms with Gasteiger partial charge >= 0.3 is 29.6 Å². The van der Waals surface area contributed by atoms with E-state index in [2.05, 4.69) is 5.10 Å². The van der Waals surface area contributed by atoms with Crippen LogP contribution in [-0.4, -0.2) is 15.7 Å². The number of nitrogens with two attached hydrogens (primary N) is 1. The zero-order valence-corrected chi connectivity index (χ0v) is 12.7. The van der Waals surface area contributed by atoms with Crippen LogP contribution in [0, 0.1) is 0 Å². The SMILES string of the molecule is Nc1cc(=O)n(-c2ccc(Cl)cc2)nc1C(=O)[O-].[Na+]. The molecule has 0 saturated carbocycles. The van der Waals surface area contributed by atoms with Crippen LogP contribution in [0.25, 0.3) is 5.69 Å². The predicted octanol–water partition coefficient (Wildman–Crippen LogP) is -3.16. The van der Waals surface area contributed by atoms with Crippen molar-refractivity contribution in [3.63, 3.8) is 0 Å². The first-order chi connectivity index (χ1) is 8.49. The molecule has 6 nitrogen and oxygen atoms in total. The first-order valence-corrected chi connectivity index (χ1v) is 5.24. The van der Waals surface area contributed by atoms with E-state index in [-0.39, 0.29) is 35.2 Å². The van der Waals surface area contributed by atoms with Crippen LogP contribution in [-0.2, 0) is 0 Å². The maximum Gasteiger partial charge on any atom is 1.00 e. The molecule has 92 valence electrons. The summed E-state index contributed by atoms with van der Waals surface area (Å²) in [5, 5.41) is 14.9. The molecular weight excluding hydrogens is 281 g/mol. The smallest absolute Gasteiger partial charge is 0.543 e. The number of carboxylic acid groups (broad SMARTS) is 1. The van der Waals surface area contributed by atoms with Gasteiger partial charge in [0, 0.05) is 11.1 Å². The molecule has 0 aliphatic rings. The van der Waals surface area contributed by atoms with E-state index < -0.39 is 17.2 Å². The first-order valence-electron chi connectivity index (χ1n) is 4.86. The molecule has 1 aromatic heterocycles. The molecule has 0 unspecified atom stereocenters. The third-order valence-corrected chi connectivity index (χ3v) is 2.48. The van der Waals surface area contributed by atoms with Crippen LogP contribution in [0.4, 0.5) is 5.69 Å². The van der Waals surface area contributed by atoms with Crippen molar-refractivity contribution in [1.82, 2.24) is 9.78 Å². The van der Waals surface area contributed by atoms with Gasteiger partial charge < -0.3 is 15.6 Å². The number of anilines is 1. The number of nitrogens with zero attached hydrogens (tertiary/aromatic N) is 2. The van der Waals surface area contributed by atoms with Crippen molar-refractivity contribution in [2.45, 2.75) is 0 Å². The van der Waals surface area contributed by atoms with Crippen molar-refractivity contribution in [1.29, 1.82) is 0 Å². The van der Waals surface area contributed by atoms with Crippen LogP contribution in [0.2, 0.25) is 5.02 Å². The van der Waals surface area contributed by atoms with Crippen LogP contribution in [0.5, 0.6) is 0 Å². The molecule has 0 aliphatic carbocycles. The predicted molar refractivity (Wildman–Crippen MR) is 63.6 cm³/mol. The normalized spacial score (nSPS) is 9.74. The summed E-state index contributed by atoms with van der Waals surface area (Å²) in [5.74, 6) is -1.55. The Morgan fingerprint density at radius 3 is 2.42 bits per heavy atom. The van der Waals surface area contributed by atoms with E-state index in [1.807, 2.05) is 0 Å². The number of carbonyl (C=O) groups is 1. The summed E-state index contributed by atoms with van der Waals surface area (Å²) in [4.78, 5) is 22.5. The largest absolute Gasteiger partial charge is 1.00 e. The van der Waals surface area contributed by atoms with Crippen LogP contribution < -0.4 is 46.0 Å². The standard InChI is InChI=1S/C11H8ClN3O3.Na/c12-6-1-3-7(4-2-6)15-9(16)5-8(13)10(14-15)11(17)18;/h1-5H,13H2,(H,17,18);/q;+1/p-1. The van der Waals surface area contributed by atoms with Gasteiger partial charge in [-0.15, -0.1) is 0 Å². The molecule has 0 saturated heterocycles. The Morgan fingerprint density at radius 2 is 1.89 bits per heavy atom. The molecule has 2 N–H and O–H groups in total. The molecule has 0 amide bonds. The number of nitrogen functional groups attached to an aromatic ring is 1. The van der Waals surface area contributed by atoms with Gasteiger partial charge in [0.05, 0.1) is 17.3 Å². The minimum absolute atomic E-state index is 0. The number of aromatic nitrogens is 2. The zero-order chi connectivity index (χ0) is 13.3. The van der Waals surface area contributed by atoms with Gasteiger partial charge in [0.1, 0.15) is 5.69 Å². The Hall–Kier alpha value is -1.34. The van der Waals surface area contributed by atoms with E-state index in [9.17, 15) is 14.7 Å². The number of hydrogen-bond donors (Lipinski definition) is 1. The van der Waals surface area contributed by atoms with E-state index in [1.54, 1.807) is 12.1 Å². The quantitative estimate of drug-likeness (QED) is 0.588. The summed E-state index contributed by atoms with van der Waals surface area (Å²) in [5.41, 5.74) is 4.50. The Balaban J connectivity index is 0.00000180. The molecule has 0 aliphatic heterocycles. The number of rotatable bonds is 2. The van der Waals surface area contributed by atoms with Crippen molar-refractivity contribution in [2.75, 3.05) is 5.73 Å². The van der Waals surface area contributed by atoms with Gasteiger partial charge in [-0.3, -0.25) is 4.79 Å². The molecule has 0 spiro atoms. The third-order valence-electron chi connectivity index (χ3n) is 2.23. The van der Waals surface area contributed by atoms with Crippen molar-refractivity contribution >= 4 is 23.3 Å². The molecule has 8 heteroatoms. The van der Waals surface area contributed by atoms with Gasteiger partial charge in [0.25, 0.3) is 5.56 Å². The zero-order valence-electron chi connectivity index (χ0n) is 9.96. The fourth-order valence-electron chi connectivity index (χ4n) is 1.40. The number of hydrogen-bond acceptors (Lipinski definition) is 5. The molecule has 0 bridgehead atoms. The Bertz CT molecular complexity index is 670. The average Bonchev–Trinajstić information content (AvgIpc) is 2.30. The molecule has 19 heavy (non-hydrogen) atoms. The summed E-state index contributed by atoms with van der Waals surface area (Å²) < 4.78 is 0.915. The fourth-order valence-corrected chi connectivity index (χ4v) is 1.52. The van der Waals surface area contributed by atoms with Crippen molar-refractivity contribution in [3.8, 4) is 5.69 Å². The number of carboxylic acids is 1. The number of carbonyl (C=O) groups excluding carboxylic acids is 1. The summed E-state index contributed by atoms with van der Waals surface area (Å²) in [6, 6.07) is 7.16. The number of benzene rings is 1. The van der Waals surface area contributed by atoms with Gasteiger partial charge in [-0.05, 0) is 24.3 Å². The fraction of sp³-hybridized carbons (Fsp3) is 0. The second kappa shape index (κ2) is 6.21. The minimum Gasteiger partial charge on any atom is -0.543 e. The Labute approximate surface area is 135 Å². The molecule has 0 atom stereocenters. The van der Waals surface area contributed by atoms with Crippen LogP contribution in [0.1, 0.15) is 10.5 Å². The molecular formula is C11H7ClN3NaO3. The maximum atomic E-state index is 11.7. The second-order valence-electron chi connectivity index (χ2n) is 3.46. The topological polar surface area (TPSA) is 101 Å². The maximum absolute atomic E-state index is 11.7. The van der Waals surface area contributed by atoms with Gasteiger partial charge in [0.15, 0.2) is 0 Å². The summed E-state index contributed by atoms with van der Waals surface area (Å²) in [6.07, 6.45) is 0. The van der Waals surface area contributed by atoms with E-state index >= 15 is 0 Å². The summed E-state index contributed by atoms with van der Waals surface area (Å²) in [7, 11) is 0. The molecule has 1 heterocycles. The second-order valence-corrected chi connectivity index (χ2v) is 3.90. The monoisotopic (exact) mass is 287 g/mol. The molecule has 0 radical (unpaired) electrons. The molecule has 0 fully saturated rings. The number of halogens is 1. The van der Waals surface area contributed by atoms with E-state index in [1.165, 1.54) is 12.1 Å². The molecule has 2 rings (SSSR count). The van der Waals surface area contributed by atoms with Gasteiger partial charge in [-0.1, -0.05) is 11.6 Å². The first kappa shape index (κ1) is 15.7. The van der Waals surface area contributed by atoms with Gasteiger partial charge in [0.2, 0.25) is 0 Å². The average molecular weight is 288 g/mol. The molecule has 1 aromatic carbocycles. The van der Waals surface area contributed by atoms with E-state index in [0.717, 1.165) is 10.7 Å². The minimum atomic E-state index is -1.55. The Kier molecular flexibility index (Phi) is 5.13. The molecule has 2 aromatic rings. The van der Waals surface area contributed by atoms with Crippen molar-refractivity contribution < 1.29 is 39.5 Å². The summed E-state index contributed by atoms with van der Waals surface area (Å²) in [6.45, 7) is 0. The van der Waals surface area contributed by atoms with Crippen LogP contribution >= 0.6 is 11.6 Å². The van der Waals surface area contributed by atoms with Gasteiger partial charge in [-0.25, -0.2) is 0 Å². The van der Waals surface area contributed by atoms with Crippen LogP contribution in [0.15, 0.2) is 35.1 Å². The van der Waals surface area contributed by atoms with Gasteiger partial charge in [-0.2, -0.15) is 9.78 Å². The van der Waals surface area contributed by atoms with Crippen molar-refractivity contribution in [3.05, 3.63) is 51.4 Å². The summed E-state index contributed by atoms with van der Waals surface area (Å²) >= 11 is 5.71. The van der Waals surface area contributed by atoms with E-state index in [4.69, 9.17) is 17.3 Å². The van der Waals surface area contributed by atoms with Crippen molar-refractivity contribution in [2.24, 2.45) is 0 Å². The Morgan fingerprint density at radius 1 is 1.32 bits per heavy atom. The number of aromatic carboxylic acids is 1.